The number of benzene rings is 3. The summed E-state index contributed by atoms with van der Waals surface area (Å²) in [5.41, 5.74) is 8.04. The first-order valence-electron chi connectivity index (χ1n) is 12.8. The average molecular weight is 493 g/mol. The molecule has 0 spiro atoms. The molecule has 3 aromatic carbocycles. The Labute approximate surface area is 218 Å². The molecule has 1 saturated heterocycles. The number of allylic oxidation sites excluding steroid dienone is 1. The summed E-state index contributed by atoms with van der Waals surface area (Å²) in [7, 11) is 0. The van der Waals surface area contributed by atoms with E-state index in [1.54, 1.807) is 5.06 Å². The van der Waals surface area contributed by atoms with Crippen LogP contribution in [0.5, 0.6) is 0 Å². The Morgan fingerprint density at radius 1 is 1.03 bits per heavy atom. The van der Waals surface area contributed by atoms with Crippen molar-refractivity contribution < 1.29 is 14.7 Å². The van der Waals surface area contributed by atoms with Crippen LogP contribution in [-0.2, 0) is 22.6 Å². The quantitative estimate of drug-likeness (QED) is 0.484. The second-order valence-corrected chi connectivity index (χ2v) is 9.70. The number of amides is 1. The van der Waals surface area contributed by atoms with Crippen molar-refractivity contribution in [2.75, 3.05) is 19.8 Å². The number of nitrogens with one attached hydrogen (secondary N) is 1. The second kappa shape index (κ2) is 11.6. The summed E-state index contributed by atoms with van der Waals surface area (Å²) >= 11 is 0. The van der Waals surface area contributed by atoms with E-state index >= 15 is 0 Å². The fourth-order valence-electron chi connectivity index (χ4n) is 4.91. The molecular formula is C32H32N2O3. The molecule has 188 valence electrons. The van der Waals surface area contributed by atoms with E-state index in [0.717, 1.165) is 29.5 Å². The molecule has 37 heavy (non-hydrogen) atoms. The number of carbonyl (C=O) groups excluding carboxylic acids is 1. The van der Waals surface area contributed by atoms with Crippen LogP contribution < -0.4 is 5.32 Å². The minimum absolute atomic E-state index is 0.0966. The van der Waals surface area contributed by atoms with Crippen molar-refractivity contribution >= 4 is 11.5 Å². The molecule has 0 saturated carbocycles. The first-order valence-corrected chi connectivity index (χ1v) is 12.8. The largest absolute Gasteiger partial charge is 0.396 e. The van der Waals surface area contributed by atoms with Gasteiger partial charge in [-0.25, -0.2) is 0 Å². The molecule has 0 radical (unpaired) electrons. The second-order valence-electron chi connectivity index (χ2n) is 9.70. The minimum Gasteiger partial charge on any atom is -0.396 e. The molecule has 2 atom stereocenters. The van der Waals surface area contributed by atoms with E-state index in [1.165, 1.54) is 22.3 Å². The van der Waals surface area contributed by atoms with Gasteiger partial charge in [0, 0.05) is 23.6 Å². The van der Waals surface area contributed by atoms with E-state index in [-0.39, 0.29) is 18.4 Å². The molecule has 2 unspecified atom stereocenters. The smallest absolute Gasteiger partial charge is 0.240 e. The Morgan fingerprint density at radius 2 is 1.73 bits per heavy atom. The van der Waals surface area contributed by atoms with Gasteiger partial charge >= 0.3 is 0 Å². The Kier molecular flexibility index (Phi) is 7.82. The molecule has 1 fully saturated rings. The van der Waals surface area contributed by atoms with Gasteiger partial charge in [0.25, 0.3) is 0 Å². The highest BCUT2D eigenvalue weighted by Crippen LogP contribution is 2.29. The highest BCUT2D eigenvalue weighted by Gasteiger charge is 2.40. The molecule has 5 heteroatoms. The van der Waals surface area contributed by atoms with Crippen LogP contribution in [0.3, 0.4) is 0 Å². The molecule has 1 heterocycles. The first-order chi connectivity index (χ1) is 18.1. The zero-order valence-corrected chi connectivity index (χ0v) is 21.1. The predicted molar refractivity (Wildman–Crippen MR) is 145 cm³/mol. The summed E-state index contributed by atoms with van der Waals surface area (Å²) in [5, 5.41) is 14.6. The standard InChI is InChI=1S/C32H32N2O3/c1-23-6-8-24(9-7-23)10-11-25-12-14-26(15-13-25)20-34-31(29(21-35)22-37-34)32(36)33-19-18-28-17-16-27-4-2-3-5-30(27)28/h2-9,12-15,17,29,31,35H,16,18-22H2,1H3,(H,33,36). The maximum Gasteiger partial charge on any atom is 0.240 e. The Bertz CT molecular complexity index is 1330. The van der Waals surface area contributed by atoms with Crippen molar-refractivity contribution in [3.63, 3.8) is 0 Å². The molecule has 2 N–H and O–H groups in total. The highest BCUT2D eigenvalue weighted by molar-refractivity contribution is 5.82. The monoisotopic (exact) mass is 492 g/mol. The third-order valence-corrected chi connectivity index (χ3v) is 7.03. The summed E-state index contributed by atoms with van der Waals surface area (Å²) in [5.74, 6) is 6.03. The van der Waals surface area contributed by atoms with Gasteiger partial charge in [-0.05, 0) is 66.3 Å². The third-order valence-electron chi connectivity index (χ3n) is 7.03. The van der Waals surface area contributed by atoms with Crippen molar-refractivity contribution in [2.45, 2.75) is 32.4 Å². The number of rotatable bonds is 7. The lowest BCUT2D eigenvalue weighted by Gasteiger charge is -2.24. The number of carbonyl (C=O) groups is 1. The molecule has 1 aliphatic carbocycles. The molecular weight excluding hydrogens is 460 g/mol. The minimum atomic E-state index is -0.532. The SMILES string of the molecule is Cc1ccc(C#Cc2ccc(CN3OCC(CO)C3C(=O)NCCC3=CCc4ccccc43)cc2)cc1. The van der Waals surface area contributed by atoms with Gasteiger partial charge in [0.15, 0.2) is 0 Å². The van der Waals surface area contributed by atoms with E-state index in [1.807, 2.05) is 36.4 Å². The molecule has 1 aliphatic heterocycles. The molecule has 0 aromatic heterocycles. The van der Waals surface area contributed by atoms with E-state index in [0.29, 0.717) is 19.7 Å². The van der Waals surface area contributed by atoms with Gasteiger partial charge in [0.2, 0.25) is 5.91 Å². The fourth-order valence-corrected chi connectivity index (χ4v) is 4.91. The zero-order valence-electron chi connectivity index (χ0n) is 21.1. The molecule has 1 amide bonds. The van der Waals surface area contributed by atoms with E-state index in [9.17, 15) is 9.90 Å². The number of hydroxylamine groups is 2. The van der Waals surface area contributed by atoms with Gasteiger partial charge in [0.05, 0.1) is 19.8 Å². The van der Waals surface area contributed by atoms with Crippen molar-refractivity contribution in [1.29, 1.82) is 0 Å². The van der Waals surface area contributed by atoms with Gasteiger partial charge in [-0.2, -0.15) is 5.06 Å². The van der Waals surface area contributed by atoms with Gasteiger partial charge in [-0.15, -0.1) is 0 Å². The summed E-state index contributed by atoms with van der Waals surface area (Å²) in [4.78, 5) is 19.0. The maximum absolute atomic E-state index is 13.1. The molecule has 2 aliphatic rings. The lowest BCUT2D eigenvalue weighted by atomic mass is 10.0. The number of aliphatic hydroxyl groups is 1. The summed E-state index contributed by atoms with van der Waals surface area (Å²) in [6.45, 7) is 3.30. The topological polar surface area (TPSA) is 61.8 Å². The van der Waals surface area contributed by atoms with Gasteiger partial charge in [-0.3, -0.25) is 9.63 Å². The van der Waals surface area contributed by atoms with Crippen molar-refractivity contribution in [1.82, 2.24) is 10.4 Å². The normalized spacial score (nSPS) is 18.6. The number of fused-ring (bicyclic) bond motifs is 1. The lowest BCUT2D eigenvalue weighted by molar-refractivity contribution is -0.157. The molecule has 5 rings (SSSR count). The number of hydrogen-bond acceptors (Lipinski definition) is 4. The van der Waals surface area contributed by atoms with Crippen LogP contribution in [-0.4, -0.2) is 41.9 Å². The van der Waals surface area contributed by atoms with Crippen LogP contribution in [0.25, 0.3) is 5.57 Å². The lowest BCUT2D eigenvalue weighted by Crippen LogP contribution is -2.46. The van der Waals surface area contributed by atoms with Crippen LogP contribution in [0, 0.1) is 24.7 Å². The number of aryl methyl sites for hydroxylation is 1. The third kappa shape index (κ3) is 6.00. The predicted octanol–water partition coefficient (Wildman–Crippen LogP) is 4.27. The fraction of sp³-hybridized carbons (Fsp3) is 0.281. The average Bonchev–Trinajstić information content (AvgIpc) is 3.53. The summed E-state index contributed by atoms with van der Waals surface area (Å²) in [6, 6.07) is 24.0. The Morgan fingerprint density at radius 3 is 2.46 bits per heavy atom. The van der Waals surface area contributed by atoms with Crippen molar-refractivity contribution in [3.8, 4) is 11.8 Å². The zero-order chi connectivity index (χ0) is 25.6. The van der Waals surface area contributed by atoms with Crippen LogP contribution >= 0.6 is 0 Å². The van der Waals surface area contributed by atoms with E-state index in [2.05, 4.69) is 66.6 Å². The van der Waals surface area contributed by atoms with Crippen LogP contribution in [0.1, 0.15) is 39.8 Å². The Hall–Kier alpha value is -3.69. The molecule has 3 aromatic rings. The summed E-state index contributed by atoms with van der Waals surface area (Å²) in [6.07, 6.45) is 3.98. The van der Waals surface area contributed by atoms with Crippen molar-refractivity contribution in [2.24, 2.45) is 5.92 Å². The number of aliphatic hydroxyl groups excluding tert-OH is 1. The summed E-state index contributed by atoms with van der Waals surface area (Å²) < 4.78 is 0. The number of nitrogens with zero attached hydrogens (tertiary/aromatic N) is 1. The van der Waals surface area contributed by atoms with Crippen molar-refractivity contribution in [3.05, 3.63) is 112 Å². The van der Waals surface area contributed by atoms with Crippen LogP contribution in [0.4, 0.5) is 0 Å². The number of hydrogen-bond donors (Lipinski definition) is 2. The van der Waals surface area contributed by atoms with Crippen LogP contribution in [0.15, 0.2) is 78.9 Å². The van der Waals surface area contributed by atoms with E-state index in [4.69, 9.17) is 4.84 Å². The van der Waals surface area contributed by atoms with Gasteiger partial charge in [0.1, 0.15) is 6.04 Å². The molecule has 5 nitrogen and oxygen atoms in total. The Balaban J connectivity index is 1.18. The first kappa shape index (κ1) is 25.0. The van der Waals surface area contributed by atoms with Gasteiger partial charge in [-0.1, -0.05) is 72.0 Å². The maximum atomic E-state index is 13.1. The van der Waals surface area contributed by atoms with E-state index < -0.39 is 6.04 Å². The van der Waals surface area contributed by atoms with Gasteiger partial charge < -0.3 is 10.4 Å². The molecule has 0 bridgehead atoms. The highest BCUT2D eigenvalue weighted by atomic mass is 16.7. The van der Waals surface area contributed by atoms with Crippen LogP contribution in [0.2, 0.25) is 0 Å².